The minimum Gasteiger partial charge on any atom is -0.368 e. The molecule has 0 aromatic heterocycles. The van der Waals surface area contributed by atoms with E-state index in [4.69, 9.17) is 0 Å². The van der Waals surface area contributed by atoms with Crippen molar-refractivity contribution in [3.05, 3.63) is 70.9 Å². The van der Waals surface area contributed by atoms with E-state index in [2.05, 4.69) is 26.9 Å². The molecular formula is C21H20FN3OS. The van der Waals surface area contributed by atoms with E-state index >= 15 is 0 Å². The Balaban J connectivity index is 1.44. The van der Waals surface area contributed by atoms with Gasteiger partial charge in [-0.15, -0.1) is 0 Å². The Hall–Kier alpha value is -2.60. The van der Waals surface area contributed by atoms with Crippen molar-refractivity contribution in [2.45, 2.75) is 6.92 Å². The highest BCUT2D eigenvalue weighted by Crippen LogP contribution is 2.35. The molecule has 0 N–H and O–H groups in total. The number of carbonyl (C=O) groups is 1. The van der Waals surface area contributed by atoms with Crippen LogP contribution in [0.5, 0.6) is 0 Å². The van der Waals surface area contributed by atoms with Gasteiger partial charge in [-0.05, 0) is 54.1 Å². The summed E-state index contributed by atoms with van der Waals surface area (Å²) in [6.07, 6.45) is 0. The molecule has 0 unspecified atom stereocenters. The summed E-state index contributed by atoms with van der Waals surface area (Å²) in [5.41, 5.74) is 2.91. The fourth-order valence-corrected chi connectivity index (χ4v) is 4.32. The van der Waals surface area contributed by atoms with Crippen molar-refractivity contribution in [1.29, 1.82) is 0 Å². The van der Waals surface area contributed by atoms with Gasteiger partial charge in [0.2, 0.25) is 0 Å². The van der Waals surface area contributed by atoms with Crippen LogP contribution in [0.1, 0.15) is 12.5 Å². The molecule has 1 amide bonds. The number of benzene rings is 2. The Morgan fingerprint density at radius 2 is 1.59 bits per heavy atom. The quantitative estimate of drug-likeness (QED) is 0.737. The van der Waals surface area contributed by atoms with Crippen molar-refractivity contribution >= 4 is 34.1 Å². The lowest BCUT2D eigenvalue weighted by Gasteiger charge is -2.36. The Labute approximate surface area is 162 Å². The molecule has 2 aliphatic heterocycles. The Morgan fingerprint density at radius 3 is 2.26 bits per heavy atom. The molecule has 2 aromatic rings. The molecular weight excluding hydrogens is 361 g/mol. The predicted octanol–water partition coefficient (Wildman–Crippen LogP) is 4.01. The zero-order chi connectivity index (χ0) is 18.8. The Kier molecular flexibility index (Phi) is 4.99. The Morgan fingerprint density at radius 1 is 0.963 bits per heavy atom. The standard InChI is InChI=1S/C21H20FN3OS/c1-15(16-7-9-17(22)10-8-16)19-20(26)23-21(27-19)25-13-11-24(12-14-25)18-5-3-2-4-6-18/h2-10H,11-14H2,1H3/b19-15-. The van der Waals surface area contributed by atoms with Crippen LogP contribution in [0.3, 0.4) is 0 Å². The number of amidine groups is 1. The number of hydrogen-bond donors (Lipinski definition) is 0. The highest BCUT2D eigenvalue weighted by atomic mass is 32.2. The van der Waals surface area contributed by atoms with Crippen LogP contribution in [0.2, 0.25) is 0 Å². The third kappa shape index (κ3) is 3.76. The second kappa shape index (κ2) is 7.56. The molecule has 0 atom stereocenters. The molecule has 0 bridgehead atoms. The number of rotatable bonds is 2. The van der Waals surface area contributed by atoms with Gasteiger partial charge in [-0.3, -0.25) is 4.79 Å². The molecule has 4 rings (SSSR count). The first kappa shape index (κ1) is 17.8. The predicted molar refractivity (Wildman–Crippen MR) is 109 cm³/mol. The minimum atomic E-state index is -0.282. The van der Waals surface area contributed by atoms with Gasteiger partial charge in [-0.1, -0.05) is 30.3 Å². The average Bonchev–Trinajstić information content (AvgIpc) is 3.10. The fraction of sp³-hybridized carbons (Fsp3) is 0.238. The molecule has 1 saturated heterocycles. The number of para-hydroxylation sites is 1. The smallest absolute Gasteiger partial charge is 0.286 e. The zero-order valence-corrected chi connectivity index (χ0v) is 15.9. The number of halogens is 1. The monoisotopic (exact) mass is 381 g/mol. The lowest BCUT2D eigenvalue weighted by molar-refractivity contribution is -0.113. The van der Waals surface area contributed by atoms with Crippen molar-refractivity contribution in [2.75, 3.05) is 31.1 Å². The van der Waals surface area contributed by atoms with Crippen molar-refractivity contribution in [2.24, 2.45) is 4.99 Å². The van der Waals surface area contributed by atoms with Gasteiger partial charge in [-0.2, -0.15) is 4.99 Å². The van der Waals surface area contributed by atoms with Crippen LogP contribution in [-0.4, -0.2) is 42.2 Å². The first-order chi connectivity index (χ1) is 13.1. The number of allylic oxidation sites excluding steroid dienone is 1. The van der Waals surface area contributed by atoms with E-state index in [1.54, 1.807) is 12.1 Å². The van der Waals surface area contributed by atoms with E-state index in [0.717, 1.165) is 42.5 Å². The van der Waals surface area contributed by atoms with Gasteiger partial charge < -0.3 is 9.80 Å². The summed E-state index contributed by atoms with van der Waals surface area (Å²) in [5.74, 6) is -0.488. The second-order valence-electron chi connectivity index (χ2n) is 6.57. The molecule has 2 aliphatic rings. The van der Waals surface area contributed by atoms with Crippen LogP contribution in [0.15, 0.2) is 64.5 Å². The van der Waals surface area contributed by atoms with Crippen molar-refractivity contribution in [3.8, 4) is 0 Å². The number of piperazine rings is 1. The summed E-state index contributed by atoms with van der Waals surface area (Å²) in [6.45, 7) is 5.34. The lowest BCUT2D eigenvalue weighted by atomic mass is 10.1. The summed E-state index contributed by atoms with van der Waals surface area (Å²) in [5, 5.41) is 0.768. The number of anilines is 1. The van der Waals surface area contributed by atoms with Crippen LogP contribution in [0.4, 0.5) is 10.1 Å². The van der Waals surface area contributed by atoms with E-state index in [9.17, 15) is 9.18 Å². The number of hydrogen-bond acceptors (Lipinski definition) is 4. The molecule has 2 aromatic carbocycles. The Bertz CT molecular complexity index is 901. The number of nitrogens with zero attached hydrogens (tertiary/aromatic N) is 3. The van der Waals surface area contributed by atoms with E-state index in [1.165, 1.54) is 29.6 Å². The molecule has 0 aliphatic carbocycles. The third-order valence-electron chi connectivity index (χ3n) is 4.87. The van der Waals surface area contributed by atoms with Crippen LogP contribution < -0.4 is 4.90 Å². The number of carbonyl (C=O) groups excluding carboxylic acids is 1. The largest absolute Gasteiger partial charge is 0.368 e. The maximum atomic E-state index is 13.1. The van der Waals surface area contributed by atoms with E-state index in [-0.39, 0.29) is 11.7 Å². The van der Waals surface area contributed by atoms with Crippen LogP contribution in [0, 0.1) is 5.82 Å². The van der Waals surface area contributed by atoms with Gasteiger partial charge in [0.15, 0.2) is 5.17 Å². The third-order valence-corrected chi connectivity index (χ3v) is 6.09. The first-order valence-electron chi connectivity index (χ1n) is 8.94. The van der Waals surface area contributed by atoms with Crippen LogP contribution in [-0.2, 0) is 4.79 Å². The molecule has 1 fully saturated rings. The van der Waals surface area contributed by atoms with Crippen molar-refractivity contribution < 1.29 is 9.18 Å². The lowest BCUT2D eigenvalue weighted by Crippen LogP contribution is -2.47. The van der Waals surface area contributed by atoms with Crippen molar-refractivity contribution in [1.82, 2.24) is 4.90 Å². The van der Waals surface area contributed by atoms with Gasteiger partial charge in [0, 0.05) is 31.9 Å². The van der Waals surface area contributed by atoms with Gasteiger partial charge in [0.1, 0.15) is 5.82 Å². The zero-order valence-electron chi connectivity index (χ0n) is 15.1. The van der Waals surface area contributed by atoms with Gasteiger partial charge in [0.25, 0.3) is 5.91 Å². The van der Waals surface area contributed by atoms with Gasteiger partial charge >= 0.3 is 0 Å². The number of thioether (sulfide) groups is 1. The topological polar surface area (TPSA) is 35.9 Å². The second-order valence-corrected chi connectivity index (χ2v) is 7.55. The highest BCUT2D eigenvalue weighted by Gasteiger charge is 2.30. The molecule has 4 nitrogen and oxygen atoms in total. The molecule has 27 heavy (non-hydrogen) atoms. The SMILES string of the molecule is C/C(=C1/SC(N2CCN(c3ccccc3)CC2)=NC1=O)c1ccc(F)cc1. The van der Waals surface area contributed by atoms with Crippen LogP contribution in [0.25, 0.3) is 5.57 Å². The van der Waals surface area contributed by atoms with Crippen molar-refractivity contribution in [3.63, 3.8) is 0 Å². The molecule has 138 valence electrons. The molecule has 2 heterocycles. The minimum absolute atomic E-state index is 0.206. The molecule has 0 radical (unpaired) electrons. The summed E-state index contributed by atoms with van der Waals surface area (Å²) in [7, 11) is 0. The average molecular weight is 381 g/mol. The van der Waals surface area contributed by atoms with E-state index in [0.29, 0.717) is 4.91 Å². The summed E-state index contributed by atoms with van der Waals surface area (Å²) in [6, 6.07) is 16.6. The maximum absolute atomic E-state index is 13.1. The highest BCUT2D eigenvalue weighted by molar-refractivity contribution is 8.18. The van der Waals surface area contributed by atoms with Gasteiger partial charge in [-0.25, -0.2) is 4.39 Å². The van der Waals surface area contributed by atoms with E-state index < -0.39 is 0 Å². The van der Waals surface area contributed by atoms with Gasteiger partial charge in [0.05, 0.1) is 4.91 Å². The summed E-state index contributed by atoms with van der Waals surface area (Å²) in [4.78, 5) is 21.8. The normalized spacial score (nSPS) is 19.3. The maximum Gasteiger partial charge on any atom is 0.286 e. The van der Waals surface area contributed by atoms with E-state index in [1.807, 2.05) is 25.1 Å². The fourth-order valence-electron chi connectivity index (χ4n) is 3.29. The summed E-state index contributed by atoms with van der Waals surface area (Å²) >= 11 is 1.42. The summed E-state index contributed by atoms with van der Waals surface area (Å²) < 4.78 is 13.1. The molecule has 0 spiro atoms. The number of aliphatic imine (C=N–C) groups is 1. The molecule has 6 heteroatoms. The first-order valence-corrected chi connectivity index (χ1v) is 9.76. The number of amides is 1. The molecule has 0 saturated carbocycles. The van der Waals surface area contributed by atoms with Crippen LogP contribution >= 0.6 is 11.8 Å².